The summed E-state index contributed by atoms with van der Waals surface area (Å²) in [7, 11) is 5.58. The fraction of sp³-hybridized carbons (Fsp3) is 0.481. The predicted octanol–water partition coefficient (Wildman–Crippen LogP) is 3.70. The molecule has 3 heterocycles. The van der Waals surface area contributed by atoms with Crippen molar-refractivity contribution in [3.8, 4) is 23.0 Å². The lowest BCUT2D eigenvalue weighted by atomic mass is 9.78. The Kier molecular flexibility index (Phi) is 6.37. The number of fused-ring (bicyclic) bond motifs is 6. The van der Waals surface area contributed by atoms with E-state index >= 15 is 8.78 Å². The van der Waals surface area contributed by atoms with Crippen molar-refractivity contribution in [3.63, 3.8) is 0 Å². The van der Waals surface area contributed by atoms with Crippen LogP contribution in [0.2, 0.25) is 0 Å². The highest BCUT2D eigenvalue weighted by molar-refractivity contribution is 5.93. The summed E-state index contributed by atoms with van der Waals surface area (Å²) in [5.74, 6) is -4.76. The lowest BCUT2D eigenvalue weighted by molar-refractivity contribution is -0.182. The van der Waals surface area contributed by atoms with Gasteiger partial charge in [-0.15, -0.1) is 0 Å². The van der Waals surface area contributed by atoms with Gasteiger partial charge in [0.15, 0.2) is 11.5 Å². The van der Waals surface area contributed by atoms with Crippen LogP contribution in [0.15, 0.2) is 30.3 Å². The van der Waals surface area contributed by atoms with E-state index in [4.69, 9.17) is 18.9 Å². The quantitative estimate of drug-likeness (QED) is 0.583. The number of carbonyl (C=O) groups excluding carboxylic acids is 2. The third-order valence-electron chi connectivity index (χ3n) is 7.78. The number of rotatable bonds is 6. The molecular weight excluding hydrogens is 486 g/mol. The van der Waals surface area contributed by atoms with Crippen molar-refractivity contribution < 1.29 is 37.3 Å². The maximum atomic E-state index is 16.0. The van der Waals surface area contributed by atoms with Crippen LogP contribution in [0, 0.1) is 0 Å². The fourth-order valence-electron chi connectivity index (χ4n) is 6.13. The number of halogens is 2. The number of benzene rings is 2. The number of ether oxygens (including phenoxy) is 4. The summed E-state index contributed by atoms with van der Waals surface area (Å²) in [6.07, 6.45) is 2.14. The molecule has 198 valence electrons. The molecule has 2 aromatic rings. The molecule has 0 spiro atoms. The average Bonchev–Trinajstić information content (AvgIpc) is 2.93. The monoisotopic (exact) mass is 516 g/mol. The number of carbonyl (C=O) groups is 2. The molecule has 5 rings (SSSR count). The first kappa shape index (κ1) is 25.1. The van der Waals surface area contributed by atoms with Crippen LogP contribution < -0.4 is 18.9 Å². The molecule has 10 heteroatoms. The summed E-state index contributed by atoms with van der Waals surface area (Å²) in [4.78, 5) is 30.2. The Labute approximate surface area is 214 Å². The highest BCUT2D eigenvalue weighted by Gasteiger charge is 2.57. The molecule has 2 aromatic carbocycles. The molecule has 0 saturated carbocycles. The lowest BCUT2D eigenvalue weighted by Gasteiger charge is -2.56. The summed E-state index contributed by atoms with van der Waals surface area (Å²) in [5, 5.41) is 0. The van der Waals surface area contributed by atoms with Crippen LogP contribution in [0.1, 0.15) is 42.0 Å². The van der Waals surface area contributed by atoms with E-state index in [0.717, 1.165) is 28.2 Å². The van der Waals surface area contributed by atoms with Crippen LogP contribution in [0.3, 0.4) is 0 Å². The molecule has 3 aliphatic rings. The van der Waals surface area contributed by atoms with Gasteiger partial charge in [0.2, 0.25) is 11.7 Å². The Balaban J connectivity index is 1.58. The van der Waals surface area contributed by atoms with Crippen molar-refractivity contribution in [2.75, 3.05) is 35.0 Å². The zero-order valence-electron chi connectivity index (χ0n) is 21.3. The van der Waals surface area contributed by atoms with E-state index in [0.29, 0.717) is 38.0 Å². The van der Waals surface area contributed by atoms with Gasteiger partial charge >= 0.3 is 5.92 Å². The first-order valence-corrected chi connectivity index (χ1v) is 12.3. The van der Waals surface area contributed by atoms with E-state index in [2.05, 4.69) is 0 Å². The minimum Gasteiger partial charge on any atom is -0.496 e. The van der Waals surface area contributed by atoms with Crippen LogP contribution in [0.4, 0.5) is 8.78 Å². The first-order valence-electron chi connectivity index (χ1n) is 12.3. The Morgan fingerprint density at radius 2 is 1.65 bits per heavy atom. The van der Waals surface area contributed by atoms with Gasteiger partial charge in [-0.25, -0.2) is 0 Å². The van der Waals surface area contributed by atoms with Gasteiger partial charge in [0.05, 0.1) is 40.5 Å². The SMILES string of the molecule is COc1cccc2c1CCN1C(=O)C3CCCC(C21)N3C(=O)C(F)(F)c1cc(OC)c(OC)c(OC)c1. The van der Waals surface area contributed by atoms with E-state index < -0.39 is 35.5 Å². The lowest BCUT2D eigenvalue weighted by Crippen LogP contribution is -2.68. The molecule has 3 atom stereocenters. The molecule has 3 aliphatic heterocycles. The number of nitrogens with zero attached hydrogens (tertiary/aromatic N) is 2. The maximum absolute atomic E-state index is 16.0. The fourth-order valence-corrected chi connectivity index (χ4v) is 6.13. The number of alkyl halides is 2. The van der Waals surface area contributed by atoms with E-state index in [1.807, 2.05) is 18.2 Å². The molecule has 8 nitrogen and oxygen atoms in total. The minimum absolute atomic E-state index is 0.0127. The van der Waals surface area contributed by atoms with Gasteiger partial charge in [0.25, 0.3) is 5.91 Å². The van der Waals surface area contributed by atoms with Gasteiger partial charge in [0.1, 0.15) is 11.8 Å². The number of hydrogen-bond acceptors (Lipinski definition) is 6. The molecule has 3 unspecified atom stereocenters. The van der Waals surface area contributed by atoms with Gasteiger partial charge in [-0.2, -0.15) is 8.78 Å². The number of methoxy groups -OCH3 is 4. The minimum atomic E-state index is -3.94. The van der Waals surface area contributed by atoms with Crippen molar-refractivity contribution in [2.45, 2.75) is 49.7 Å². The van der Waals surface area contributed by atoms with Crippen LogP contribution in [-0.4, -0.2) is 68.7 Å². The molecule has 2 bridgehead atoms. The highest BCUT2D eigenvalue weighted by atomic mass is 19.3. The maximum Gasteiger partial charge on any atom is 0.350 e. The molecule has 37 heavy (non-hydrogen) atoms. The van der Waals surface area contributed by atoms with Gasteiger partial charge in [-0.05, 0) is 49.4 Å². The molecular formula is C27H30F2N2O6. The van der Waals surface area contributed by atoms with E-state index in [-0.39, 0.29) is 23.2 Å². The van der Waals surface area contributed by atoms with Crippen LogP contribution in [0.25, 0.3) is 0 Å². The molecule has 2 fully saturated rings. The van der Waals surface area contributed by atoms with Gasteiger partial charge in [0, 0.05) is 17.7 Å². The zero-order valence-corrected chi connectivity index (χ0v) is 21.3. The van der Waals surface area contributed by atoms with Crippen molar-refractivity contribution >= 4 is 11.8 Å². The van der Waals surface area contributed by atoms with Crippen LogP contribution in [-0.2, 0) is 21.9 Å². The van der Waals surface area contributed by atoms with Crippen molar-refractivity contribution in [3.05, 3.63) is 47.0 Å². The number of piperazine rings is 1. The third-order valence-corrected chi connectivity index (χ3v) is 7.78. The van der Waals surface area contributed by atoms with Crippen molar-refractivity contribution in [1.29, 1.82) is 0 Å². The average molecular weight is 517 g/mol. The molecule has 0 N–H and O–H groups in total. The van der Waals surface area contributed by atoms with E-state index in [1.165, 1.54) is 21.3 Å². The second kappa shape index (κ2) is 9.39. The normalized spacial score (nSPS) is 22.6. The number of amides is 2. The first-order chi connectivity index (χ1) is 17.8. The van der Waals surface area contributed by atoms with Gasteiger partial charge in [-0.1, -0.05) is 12.1 Å². The topological polar surface area (TPSA) is 77.5 Å². The van der Waals surface area contributed by atoms with E-state index in [9.17, 15) is 9.59 Å². The standard InChI is InChI=1S/C27H30F2N2O6/c1-34-20-10-5-7-17-16(20)11-12-30-23(17)18-8-6-9-19(25(30)32)31(18)26(33)27(28,29)15-13-21(35-2)24(37-4)22(14-15)36-3/h5,7,10,13-14,18-19,23H,6,8-9,11-12H2,1-4H3. The molecule has 2 amide bonds. The summed E-state index contributed by atoms with van der Waals surface area (Å²) >= 11 is 0. The predicted molar refractivity (Wildman–Crippen MR) is 129 cm³/mol. The second-order valence-electron chi connectivity index (χ2n) is 9.47. The zero-order chi connectivity index (χ0) is 26.5. The summed E-state index contributed by atoms with van der Waals surface area (Å²) in [5.41, 5.74) is 1.20. The smallest absolute Gasteiger partial charge is 0.350 e. The Morgan fingerprint density at radius 1 is 0.973 bits per heavy atom. The second-order valence-corrected chi connectivity index (χ2v) is 9.47. The Morgan fingerprint density at radius 3 is 2.27 bits per heavy atom. The summed E-state index contributed by atoms with van der Waals surface area (Å²) in [6.45, 7) is 0.454. The Hall–Kier alpha value is -3.56. The molecule has 0 aromatic heterocycles. The van der Waals surface area contributed by atoms with Crippen LogP contribution in [0.5, 0.6) is 23.0 Å². The summed E-state index contributed by atoms with van der Waals surface area (Å²) in [6, 6.07) is 5.72. The highest BCUT2D eigenvalue weighted by Crippen LogP contribution is 2.49. The van der Waals surface area contributed by atoms with Gasteiger partial charge < -0.3 is 28.7 Å². The van der Waals surface area contributed by atoms with E-state index in [1.54, 1.807) is 12.0 Å². The Bertz CT molecular complexity index is 1210. The van der Waals surface area contributed by atoms with Crippen LogP contribution >= 0.6 is 0 Å². The molecule has 0 radical (unpaired) electrons. The van der Waals surface area contributed by atoms with Crippen molar-refractivity contribution in [2.24, 2.45) is 0 Å². The summed E-state index contributed by atoms with van der Waals surface area (Å²) < 4.78 is 53.2. The largest absolute Gasteiger partial charge is 0.496 e. The number of piperidine rings is 1. The third kappa shape index (κ3) is 3.76. The molecule has 2 saturated heterocycles. The number of hydrogen-bond donors (Lipinski definition) is 0. The van der Waals surface area contributed by atoms with Crippen molar-refractivity contribution in [1.82, 2.24) is 9.80 Å². The van der Waals surface area contributed by atoms with Gasteiger partial charge in [-0.3, -0.25) is 9.59 Å². The molecule has 0 aliphatic carbocycles.